The quantitative estimate of drug-likeness (QED) is 0.717. The molecule has 1 saturated carbocycles. The Kier molecular flexibility index (Phi) is 6.88. The zero-order chi connectivity index (χ0) is 11.8. The van der Waals surface area contributed by atoms with Gasteiger partial charge in [-0.05, 0) is 31.9 Å². The van der Waals surface area contributed by atoms with Gasteiger partial charge < -0.3 is 10.6 Å². The number of hydrogen-bond donors (Lipinski definition) is 2. The number of rotatable bonds is 7. The molecule has 1 aliphatic rings. The van der Waals surface area contributed by atoms with Gasteiger partial charge in [-0.1, -0.05) is 6.92 Å². The van der Waals surface area contributed by atoms with Crippen molar-refractivity contribution in [3.8, 4) is 0 Å². The van der Waals surface area contributed by atoms with Gasteiger partial charge >= 0.3 is 0 Å². The summed E-state index contributed by atoms with van der Waals surface area (Å²) >= 11 is 2.07. The van der Waals surface area contributed by atoms with Crippen LogP contribution >= 0.6 is 11.8 Å². The third-order valence-corrected chi connectivity index (χ3v) is 4.18. The van der Waals surface area contributed by atoms with E-state index in [-0.39, 0.29) is 5.91 Å². The Labute approximate surface area is 103 Å². The zero-order valence-corrected chi connectivity index (χ0v) is 11.2. The number of carbonyl (C=O) groups excluding carboxylic acids is 1. The van der Waals surface area contributed by atoms with Crippen LogP contribution in [0.4, 0.5) is 0 Å². The molecular weight excluding hydrogens is 220 g/mol. The molecule has 0 heterocycles. The van der Waals surface area contributed by atoms with Crippen LogP contribution in [0, 0.1) is 0 Å². The van der Waals surface area contributed by atoms with Crippen molar-refractivity contribution in [3.63, 3.8) is 0 Å². The standard InChI is InChI=1S/C12H24N2OS/c1-3-13-12(15)7-8-14-10-5-6-11(9-10)16-4-2/h10-11,14H,3-9H2,1-2H3,(H,13,15). The molecule has 2 N–H and O–H groups in total. The van der Waals surface area contributed by atoms with Crippen molar-refractivity contribution in [2.24, 2.45) is 0 Å². The highest BCUT2D eigenvalue weighted by Crippen LogP contribution is 2.29. The molecule has 4 heteroatoms. The van der Waals surface area contributed by atoms with E-state index in [0.717, 1.165) is 18.3 Å². The molecule has 0 saturated heterocycles. The van der Waals surface area contributed by atoms with Crippen LogP contribution in [0.2, 0.25) is 0 Å². The summed E-state index contributed by atoms with van der Waals surface area (Å²) in [6, 6.07) is 0.637. The van der Waals surface area contributed by atoms with Crippen molar-refractivity contribution in [1.82, 2.24) is 10.6 Å². The highest BCUT2D eigenvalue weighted by Gasteiger charge is 2.23. The fourth-order valence-corrected chi connectivity index (χ4v) is 3.33. The third kappa shape index (κ3) is 5.21. The van der Waals surface area contributed by atoms with Crippen LogP contribution in [-0.2, 0) is 4.79 Å². The Bertz CT molecular complexity index is 211. The fourth-order valence-electron chi connectivity index (χ4n) is 2.19. The first-order valence-corrected chi connectivity index (χ1v) is 7.42. The Hall–Kier alpha value is -0.220. The first kappa shape index (κ1) is 13.8. The second kappa shape index (κ2) is 7.96. The molecule has 16 heavy (non-hydrogen) atoms. The van der Waals surface area contributed by atoms with Crippen molar-refractivity contribution in [3.05, 3.63) is 0 Å². The summed E-state index contributed by atoms with van der Waals surface area (Å²) in [6.07, 6.45) is 4.48. The van der Waals surface area contributed by atoms with Gasteiger partial charge in [0, 0.05) is 30.8 Å². The first-order valence-electron chi connectivity index (χ1n) is 6.38. The van der Waals surface area contributed by atoms with E-state index in [9.17, 15) is 4.79 Å². The van der Waals surface area contributed by atoms with Crippen LogP contribution in [0.25, 0.3) is 0 Å². The Morgan fingerprint density at radius 2 is 2.19 bits per heavy atom. The third-order valence-electron chi connectivity index (χ3n) is 2.95. The molecule has 0 radical (unpaired) electrons. The summed E-state index contributed by atoms with van der Waals surface area (Å²) in [6.45, 7) is 5.73. The van der Waals surface area contributed by atoms with Crippen LogP contribution in [0.3, 0.4) is 0 Å². The maximum atomic E-state index is 11.2. The first-order chi connectivity index (χ1) is 7.76. The lowest BCUT2D eigenvalue weighted by Gasteiger charge is -2.12. The van der Waals surface area contributed by atoms with E-state index in [1.807, 2.05) is 6.92 Å². The van der Waals surface area contributed by atoms with E-state index >= 15 is 0 Å². The van der Waals surface area contributed by atoms with Gasteiger partial charge in [0.05, 0.1) is 0 Å². The summed E-state index contributed by atoms with van der Waals surface area (Å²) < 4.78 is 0. The molecule has 1 amide bonds. The molecule has 2 unspecified atom stereocenters. The topological polar surface area (TPSA) is 41.1 Å². The molecule has 2 atom stereocenters. The summed E-state index contributed by atoms with van der Waals surface area (Å²) in [7, 11) is 0. The van der Waals surface area contributed by atoms with Gasteiger partial charge in [0.15, 0.2) is 0 Å². The lowest BCUT2D eigenvalue weighted by Crippen LogP contribution is -2.32. The van der Waals surface area contributed by atoms with Crippen LogP contribution in [-0.4, -0.2) is 36.0 Å². The predicted octanol–water partition coefficient (Wildman–Crippen LogP) is 1.78. The SMILES string of the molecule is CCNC(=O)CCNC1CCC(SCC)C1. The van der Waals surface area contributed by atoms with E-state index in [0.29, 0.717) is 12.5 Å². The van der Waals surface area contributed by atoms with Crippen molar-refractivity contribution < 1.29 is 4.79 Å². The monoisotopic (exact) mass is 244 g/mol. The van der Waals surface area contributed by atoms with E-state index < -0.39 is 0 Å². The second-order valence-corrected chi connectivity index (χ2v) is 5.82. The molecule has 0 bridgehead atoms. The Morgan fingerprint density at radius 1 is 1.38 bits per heavy atom. The number of thioether (sulfide) groups is 1. The van der Waals surface area contributed by atoms with Gasteiger partial charge in [-0.15, -0.1) is 0 Å². The van der Waals surface area contributed by atoms with Gasteiger partial charge in [-0.3, -0.25) is 4.79 Å². The molecule has 0 aromatic carbocycles. The normalized spacial score (nSPS) is 24.6. The number of hydrogen-bond acceptors (Lipinski definition) is 3. The number of nitrogens with one attached hydrogen (secondary N) is 2. The lowest BCUT2D eigenvalue weighted by atomic mass is 10.2. The maximum absolute atomic E-state index is 11.2. The highest BCUT2D eigenvalue weighted by molar-refractivity contribution is 7.99. The summed E-state index contributed by atoms with van der Waals surface area (Å²) in [5, 5.41) is 7.14. The summed E-state index contributed by atoms with van der Waals surface area (Å²) in [5.74, 6) is 1.38. The minimum absolute atomic E-state index is 0.160. The van der Waals surface area contributed by atoms with E-state index in [1.54, 1.807) is 0 Å². The lowest BCUT2D eigenvalue weighted by molar-refractivity contribution is -0.120. The van der Waals surface area contributed by atoms with Gasteiger partial charge in [-0.2, -0.15) is 11.8 Å². The molecule has 94 valence electrons. The fraction of sp³-hybridized carbons (Fsp3) is 0.917. The number of amides is 1. The minimum atomic E-state index is 0.160. The van der Waals surface area contributed by atoms with Crippen LogP contribution in [0.15, 0.2) is 0 Å². The highest BCUT2D eigenvalue weighted by atomic mass is 32.2. The smallest absolute Gasteiger partial charge is 0.221 e. The Balaban J connectivity index is 2.04. The Morgan fingerprint density at radius 3 is 2.88 bits per heavy atom. The molecule has 3 nitrogen and oxygen atoms in total. The second-order valence-electron chi connectivity index (χ2n) is 4.24. The van der Waals surface area contributed by atoms with Crippen LogP contribution in [0.1, 0.15) is 39.5 Å². The maximum Gasteiger partial charge on any atom is 0.221 e. The van der Waals surface area contributed by atoms with Crippen molar-refractivity contribution in [2.75, 3.05) is 18.8 Å². The molecule has 1 aliphatic carbocycles. The predicted molar refractivity (Wildman–Crippen MR) is 70.9 cm³/mol. The molecule has 1 rings (SSSR count). The van der Waals surface area contributed by atoms with Crippen molar-refractivity contribution in [1.29, 1.82) is 0 Å². The zero-order valence-electron chi connectivity index (χ0n) is 10.4. The average Bonchev–Trinajstić information content (AvgIpc) is 2.67. The van der Waals surface area contributed by atoms with E-state index in [1.165, 1.54) is 25.0 Å². The van der Waals surface area contributed by atoms with E-state index in [4.69, 9.17) is 0 Å². The average molecular weight is 244 g/mol. The van der Waals surface area contributed by atoms with E-state index in [2.05, 4.69) is 29.3 Å². The molecule has 0 spiro atoms. The molecular formula is C12H24N2OS. The van der Waals surface area contributed by atoms with Gasteiger partial charge in [0.1, 0.15) is 0 Å². The minimum Gasteiger partial charge on any atom is -0.356 e. The largest absolute Gasteiger partial charge is 0.356 e. The van der Waals surface area contributed by atoms with Gasteiger partial charge in [0.2, 0.25) is 5.91 Å². The van der Waals surface area contributed by atoms with Gasteiger partial charge in [0.25, 0.3) is 0 Å². The van der Waals surface area contributed by atoms with Crippen LogP contribution < -0.4 is 10.6 Å². The van der Waals surface area contributed by atoms with Gasteiger partial charge in [-0.25, -0.2) is 0 Å². The van der Waals surface area contributed by atoms with Crippen molar-refractivity contribution >= 4 is 17.7 Å². The number of carbonyl (C=O) groups is 1. The van der Waals surface area contributed by atoms with Crippen LogP contribution in [0.5, 0.6) is 0 Å². The summed E-state index contributed by atoms with van der Waals surface area (Å²) in [4.78, 5) is 11.2. The van der Waals surface area contributed by atoms with Crippen molar-refractivity contribution in [2.45, 2.75) is 50.8 Å². The molecule has 0 aromatic rings. The molecule has 0 aliphatic heterocycles. The molecule has 1 fully saturated rings. The summed E-state index contributed by atoms with van der Waals surface area (Å²) in [5.41, 5.74) is 0. The molecule has 0 aromatic heterocycles.